The van der Waals surface area contributed by atoms with Gasteiger partial charge in [0.2, 0.25) is 5.91 Å². The molecule has 0 radical (unpaired) electrons. The molecule has 40 heavy (non-hydrogen) atoms. The predicted molar refractivity (Wildman–Crippen MR) is 156 cm³/mol. The first-order chi connectivity index (χ1) is 19.0. The van der Waals surface area contributed by atoms with Gasteiger partial charge in [0.15, 0.2) is 0 Å². The molecule has 0 aromatic heterocycles. The van der Waals surface area contributed by atoms with Gasteiger partial charge < -0.3 is 25.4 Å². The third kappa shape index (κ3) is 8.41. The molecule has 0 spiro atoms. The zero-order chi connectivity index (χ0) is 29.3. The second-order valence-electron chi connectivity index (χ2n) is 10.7. The standard InChI is InChI=1S/C32H39N3O5/c1-22-13-12-14-23(2)27(22)34-29(37)28(25-17-10-7-11-18-25)35(19-20-36)30(38)26(21-24-15-8-6-9-16-24)33-31(39)40-32(3,4)5/h6-18,26,28,36H,19-21H2,1-5H3,(H,33,39)(H,34,37). The first kappa shape index (κ1) is 30.4. The number of hydrogen-bond donors (Lipinski definition) is 3. The van der Waals surface area contributed by atoms with Crippen molar-refractivity contribution in [3.8, 4) is 0 Å². The number of hydrogen-bond acceptors (Lipinski definition) is 5. The van der Waals surface area contributed by atoms with Crippen molar-refractivity contribution >= 4 is 23.6 Å². The van der Waals surface area contributed by atoms with E-state index in [1.54, 1.807) is 45.0 Å². The van der Waals surface area contributed by atoms with E-state index in [2.05, 4.69) is 10.6 Å². The Bertz CT molecular complexity index is 1270. The average Bonchev–Trinajstić information content (AvgIpc) is 2.90. The van der Waals surface area contributed by atoms with Gasteiger partial charge in [-0.3, -0.25) is 9.59 Å². The molecular weight excluding hydrogens is 506 g/mol. The van der Waals surface area contributed by atoms with E-state index in [-0.39, 0.29) is 19.6 Å². The normalized spacial score (nSPS) is 12.7. The summed E-state index contributed by atoms with van der Waals surface area (Å²) in [7, 11) is 0. The van der Waals surface area contributed by atoms with Gasteiger partial charge in [-0.25, -0.2) is 4.79 Å². The third-order valence-corrected chi connectivity index (χ3v) is 6.30. The molecule has 3 aromatic carbocycles. The Morgan fingerprint density at radius 2 is 1.45 bits per heavy atom. The Hall–Kier alpha value is -4.17. The Morgan fingerprint density at radius 3 is 2.00 bits per heavy atom. The Balaban J connectivity index is 2.02. The largest absolute Gasteiger partial charge is 0.444 e. The maximum atomic E-state index is 14.2. The smallest absolute Gasteiger partial charge is 0.408 e. The lowest BCUT2D eigenvalue weighted by Gasteiger charge is -2.34. The average molecular weight is 546 g/mol. The monoisotopic (exact) mass is 545 g/mol. The number of amides is 3. The zero-order valence-corrected chi connectivity index (χ0v) is 23.8. The summed E-state index contributed by atoms with van der Waals surface area (Å²) in [5.41, 5.74) is 3.05. The van der Waals surface area contributed by atoms with Gasteiger partial charge >= 0.3 is 6.09 Å². The molecule has 0 aliphatic heterocycles. The minimum atomic E-state index is -1.07. The summed E-state index contributed by atoms with van der Waals surface area (Å²) >= 11 is 0. The molecule has 0 saturated carbocycles. The maximum Gasteiger partial charge on any atom is 0.408 e. The minimum absolute atomic E-state index is 0.125. The van der Waals surface area contributed by atoms with Gasteiger partial charge in [-0.15, -0.1) is 0 Å². The molecular formula is C32H39N3O5. The molecule has 0 heterocycles. The highest BCUT2D eigenvalue weighted by Gasteiger charge is 2.36. The van der Waals surface area contributed by atoms with Crippen LogP contribution in [0, 0.1) is 13.8 Å². The molecule has 212 valence electrons. The number of alkyl carbamates (subject to hydrolysis) is 1. The fourth-order valence-electron chi connectivity index (χ4n) is 4.49. The predicted octanol–water partition coefficient (Wildman–Crippen LogP) is 4.94. The van der Waals surface area contributed by atoms with Crippen LogP contribution in [-0.4, -0.2) is 52.7 Å². The van der Waals surface area contributed by atoms with Crippen LogP contribution in [0.4, 0.5) is 10.5 Å². The number of carbonyl (C=O) groups is 3. The van der Waals surface area contributed by atoms with Crippen molar-refractivity contribution in [3.63, 3.8) is 0 Å². The number of ether oxygens (including phenoxy) is 1. The molecule has 0 fully saturated rings. The van der Waals surface area contributed by atoms with E-state index in [9.17, 15) is 19.5 Å². The molecule has 0 saturated heterocycles. The number of aliphatic hydroxyl groups is 1. The molecule has 3 aromatic rings. The van der Waals surface area contributed by atoms with Crippen molar-refractivity contribution in [2.75, 3.05) is 18.5 Å². The molecule has 0 aliphatic carbocycles. The highest BCUT2D eigenvalue weighted by Crippen LogP contribution is 2.27. The molecule has 8 heteroatoms. The van der Waals surface area contributed by atoms with Crippen LogP contribution in [0.25, 0.3) is 0 Å². The lowest BCUT2D eigenvalue weighted by atomic mass is 10.00. The van der Waals surface area contributed by atoms with Crippen molar-refractivity contribution in [2.45, 2.75) is 58.7 Å². The lowest BCUT2D eigenvalue weighted by molar-refractivity contribution is -0.141. The third-order valence-electron chi connectivity index (χ3n) is 6.30. The van der Waals surface area contributed by atoms with Crippen LogP contribution < -0.4 is 10.6 Å². The fraction of sp³-hybridized carbons (Fsp3) is 0.344. The Labute approximate surface area is 236 Å². The molecule has 2 unspecified atom stereocenters. The van der Waals surface area contributed by atoms with Crippen LogP contribution in [0.5, 0.6) is 0 Å². The topological polar surface area (TPSA) is 108 Å². The lowest BCUT2D eigenvalue weighted by Crippen LogP contribution is -2.53. The summed E-state index contributed by atoms with van der Waals surface area (Å²) in [5, 5.41) is 15.7. The van der Waals surface area contributed by atoms with Crippen molar-refractivity contribution in [1.29, 1.82) is 0 Å². The first-order valence-electron chi connectivity index (χ1n) is 13.4. The van der Waals surface area contributed by atoms with Crippen LogP contribution in [0.2, 0.25) is 0 Å². The number of nitrogens with zero attached hydrogens (tertiary/aromatic N) is 1. The number of aliphatic hydroxyl groups excluding tert-OH is 1. The van der Waals surface area contributed by atoms with Gasteiger partial charge in [-0.2, -0.15) is 0 Å². The van der Waals surface area contributed by atoms with Gasteiger partial charge in [0.25, 0.3) is 5.91 Å². The van der Waals surface area contributed by atoms with Gasteiger partial charge in [-0.1, -0.05) is 78.9 Å². The summed E-state index contributed by atoms with van der Waals surface area (Å²) in [4.78, 5) is 42.3. The number of rotatable bonds is 10. The van der Waals surface area contributed by atoms with Crippen LogP contribution in [0.3, 0.4) is 0 Å². The van der Waals surface area contributed by atoms with E-state index in [0.717, 1.165) is 16.7 Å². The minimum Gasteiger partial charge on any atom is -0.444 e. The van der Waals surface area contributed by atoms with Crippen molar-refractivity contribution in [1.82, 2.24) is 10.2 Å². The number of benzene rings is 3. The molecule has 8 nitrogen and oxygen atoms in total. The SMILES string of the molecule is Cc1cccc(C)c1NC(=O)C(c1ccccc1)N(CCO)C(=O)C(Cc1ccccc1)NC(=O)OC(C)(C)C. The van der Waals surface area contributed by atoms with Gasteiger partial charge in [0.05, 0.1) is 6.61 Å². The van der Waals surface area contributed by atoms with E-state index in [0.29, 0.717) is 11.3 Å². The highest BCUT2D eigenvalue weighted by atomic mass is 16.6. The van der Waals surface area contributed by atoms with E-state index < -0.39 is 35.6 Å². The number of nitrogens with one attached hydrogen (secondary N) is 2. The second-order valence-corrected chi connectivity index (χ2v) is 10.7. The van der Waals surface area contributed by atoms with Gasteiger partial charge in [-0.05, 0) is 56.9 Å². The molecule has 3 amide bonds. The summed E-state index contributed by atoms with van der Waals surface area (Å²) in [5.74, 6) is -0.949. The maximum absolute atomic E-state index is 14.2. The first-order valence-corrected chi connectivity index (χ1v) is 13.4. The number of carbonyl (C=O) groups excluding carboxylic acids is 3. The number of aryl methyl sites for hydroxylation is 2. The van der Waals surface area contributed by atoms with Crippen LogP contribution in [0.15, 0.2) is 78.9 Å². The Morgan fingerprint density at radius 1 is 0.875 bits per heavy atom. The molecule has 0 bridgehead atoms. The van der Waals surface area contributed by atoms with E-state index in [1.165, 1.54) is 4.90 Å². The molecule has 0 aliphatic rings. The molecule has 2 atom stereocenters. The summed E-state index contributed by atoms with van der Waals surface area (Å²) < 4.78 is 5.44. The summed E-state index contributed by atoms with van der Waals surface area (Å²) in [6, 6.07) is 21.8. The summed E-state index contributed by atoms with van der Waals surface area (Å²) in [6.45, 7) is 8.51. The molecule has 3 rings (SSSR count). The van der Waals surface area contributed by atoms with Crippen LogP contribution in [0.1, 0.15) is 49.1 Å². The Kier molecular flexibility index (Phi) is 10.4. The van der Waals surface area contributed by atoms with Gasteiger partial charge in [0, 0.05) is 18.7 Å². The van der Waals surface area contributed by atoms with E-state index >= 15 is 0 Å². The van der Waals surface area contributed by atoms with Gasteiger partial charge in [0.1, 0.15) is 17.7 Å². The number of anilines is 1. The zero-order valence-electron chi connectivity index (χ0n) is 23.8. The van der Waals surface area contributed by atoms with Crippen LogP contribution in [-0.2, 0) is 20.7 Å². The van der Waals surface area contributed by atoms with E-state index in [1.807, 2.05) is 68.4 Å². The van der Waals surface area contributed by atoms with Crippen LogP contribution >= 0.6 is 0 Å². The second kappa shape index (κ2) is 13.8. The van der Waals surface area contributed by atoms with E-state index in [4.69, 9.17) is 4.74 Å². The summed E-state index contributed by atoms with van der Waals surface area (Å²) in [6.07, 6.45) is -0.581. The van der Waals surface area contributed by atoms with Crippen molar-refractivity contribution in [2.24, 2.45) is 0 Å². The quantitative estimate of drug-likeness (QED) is 0.335. The number of para-hydroxylation sites is 1. The van der Waals surface area contributed by atoms with Crippen molar-refractivity contribution < 1.29 is 24.2 Å². The van der Waals surface area contributed by atoms with Crippen molar-refractivity contribution in [3.05, 3.63) is 101 Å². The highest BCUT2D eigenvalue weighted by molar-refractivity contribution is 6.00. The fourth-order valence-corrected chi connectivity index (χ4v) is 4.49. The molecule has 3 N–H and O–H groups in total.